The molecule has 2 amide bonds. The number of nitrogens with zero attached hydrogens (tertiary/aromatic N) is 1. The minimum absolute atomic E-state index is 0.0145. The Bertz CT molecular complexity index is 704. The van der Waals surface area contributed by atoms with Crippen LogP contribution in [0.1, 0.15) is 36.0 Å². The molecule has 0 unspecified atom stereocenters. The molecular formula is C20H27N3O4. The molecule has 2 saturated heterocycles. The quantitative estimate of drug-likeness (QED) is 0.821. The fourth-order valence-corrected chi connectivity index (χ4v) is 4.19. The number of carbonyl (C=O) groups is 2. The van der Waals surface area contributed by atoms with Gasteiger partial charge in [0.1, 0.15) is 11.4 Å². The van der Waals surface area contributed by atoms with E-state index < -0.39 is 5.60 Å². The van der Waals surface area contributed by atoms with Crippen molar-refractivity contribution in [3.63, 3.8) is 0 Å². The Morgan fingerprint density at radius 1 is 1.33 bits per heavy atom. The summed E-state index contributed by atoms with van der Waals surface area (Å²) in [7, 11) is 0. The molecule has 0 aliphatic carbocycles. The summed E-state index contributed by atoms with van der Waals surface area (Å²) in [5.41, 5.74) is 0.0795. The molecule has 7 nitrogen and oxygen atoms in total. The van der Waals surface area contributed by atoms with Crippen LogP contribution in [-0.4, -0.2) is 67.7 Å². The first-order valence-corrected chi connectivity index (χ1v) is 9.80. The summed E-state index contributed by atoms with van der Waals surface area (Å²) >= 11 is 0. The van der Waals surface area contributed by atoms with Gasteiger partial charge in [-0.15, -0.1) is 0 Å². The lowest BCUT2D eigenvalue weighted by Crippen LogP contribution is -2.58. The van der Waals surface area contributed by atoms with Crippen LogP contribution in [0.3, 0.4) is 0 Å². The first-order chi connectivity index (χ1) is 13.1. The number of hydrogen-bond acceptors (Lipinski definition) is 5. The number of likely N-dealkylation sites (tertiary alicyclic amines) is 1. The first kappa shape index (κ1) is 18.3. The third-order valence-corrected chi connectivity index (χ3v) is 5.57. The Morgan fingerprint density at radius 3 is 3.07 bits per heavy atom. The predicted molar refractivity (Wildman–Crippen MR) is 99.8 cm³/mol. The lowest BCUT2D eigenvalue weighted by atomic mass is 9.92. The summed E-state index contributed by atoms with van der Waals surface area (Å²) in [4.78, 5) is 26.8. The molecule has 2 fully saturated rings. The van der Waals surface area contributed by atoms with Crippen LogP contribution in [-0.2, 0) is 9.53 Å². The maximum atomic E-state index is 12.3. The Hall–Kier alpha value is -2.12. The smallest absolute Gasteiger partial charge is 0.255 e. The van der Waals surface area contributed by atoms with Gasteiger partial charge in [0.2, 0.25) is 5.91 Å². The molecule has 1 aromatic carbocycles. The highest BCUT2D eigenvalue weighted by atomic mass is 16.5. The molecule has 2 N–H and O–H groups in total. The second-order valence-electron chi connectivity index (χ2n) is 7.72. The van der Waals surface area contributed by atoms with Crippen molar-refractivity contribution >= 4 is 11.8 Å². The van der Waals surface area contributed by atoms with Gasteiger partial charge in [0.25, 0.3) is 5.91 Å². The van der Waals surface area contributed by atoms with Crippen molar-refractivity contribution in [2.45, 2.75) is 37.4 Å². The van der Waals surface area contributed by atoms with Crippen LogP contribution in [0, 0.1) is 0 Å². The topological polar surface area (TPSA) is 79.9 Å². The number of hydrogen-bond donors (Lipinski definition) is 2. The number of nitrogens with one attached hydrogen (secondary N) is 2. The van der Waals surface area contributed by atoms with E-state index in [-0.39, 0.29) is 17.9 Å². The van der Waals surface area contributed by atoms with Gasteiger partial charge in [0.05, 0.1) is 24.8 Å². The number of benzene rings is 1. The van der Waals surface area contributed by atoms with Gasteiger partial charge in [-0.2, -0.15) is 0 Å². The van der Waals surface area contributed by atoms with Crippen LogP contribution in [0.25, 0.3) is 0 Å². The molecule has 2 atom stereocenters. The first-order valence-electron chi connectivity index (χ1n) is 9.80. The second kappa shape index (κ2) is 7.86. The van der Waals surface area contributed by atoms with E-state index in [1.807, 2.05) is 18.2 Å². The number of carbonyl (C=O) groups excluding carboxylic acids is 2. The van der Waals surface area contributed by atoms with Gasteiger partial charge in [0.15, 0.2) is 0 Å². The summed E-state index contributed by atoms with van der Waals surface area (Å²) in [6.07, 6.45) is 4.02. The molecule has 1 spiro atoms. The van der Waals surface area contributed by atoms with E-state index in [0.717, 1.165) is 38.8 Å². The predicted octanol–water partition coefficient (Wildman–Crippen LogP) is 0.939. The molecule has 1 aromatic rings. The van der Waals surface area contributed by atoms with Gasteiger partial charge >= 0.3 is 0 Å². The van der Waals surface area contributed by atoms with Crippen LogP contribution in [0.5, 0.6) is 5.75 Å². The summed E-state index contributed by atoms with van der Waals surface area (Å²) in [5.74, 6) is 0.534. The number of para-hydroxylation sites is 1. The molecular weight excluding hydrogens is 346 g/mol. The number of rotatable bonds is 4. The summed E-state index contributed by atoms with van der Waals surface area (Å²) < 4.78 is 11.9. The molecule has 3 aliphatic heterocycles. The van der Waals surface area contributed by atoms with Crippen LogP contribution in [0.4, 0.5) is 0 Å². The van der Waals surface area contributed by atoms with Gasteiger partial charge in [-0.05, 0) is 44.4 Å². The third kappa shape index (κ3) is 4.25. The highest BCUT2D eigenvalue weighted by Gasteiger charge is 2.41. The number of ether oxygens (including phenoxy) is 2. The van der Waals surface area contributed by atoms with Crippen LogP contribution < -0.4 is 15.4 Å². The summed E-state index contributed by atoms with van der Waals surface area (Å²) in [6, 6.07) is 7.34. The van der Waals surface area contributed by atoms with Gasteiger partial charge < -0.3 is 20.1 Å². The standard InChI is InChI=1S/C20H27N3O4/c24-18(21-11-15-5-3-10-26-15)12-23-9-4-8-20(14-23)13-22-19(25)16-6-1-2-7-17(16)27-20/h1-2,6-7,15H,3-5,8-14H2,(H,21,24)(H,22,25)/t15-,20+/m0/s1. The zero-order chi connectivity index (χ0) is 18.7. The van der Waals surface area contributed by atoms with Crippen molar-refractivity contribution in [1.29, 1.82) is 0 Å². The van der Waals surface area contributed by atoms with Gasteiger partial charge in [-0.25, -0.2) is 0 Å². The molecule has 3 aliphatic rings. The monoisotopic (exact) mass is 373 g/mol. The molecule has 0 aromatic heterocycles. The Labute approximate surface area is 159 Å². The average Bonchev–Trinajstić information content (AvgIpc) is 3.15. The van der Waals surface area contributed by atoms with Crippen molar-refractivity contribution in [2.75, 3.05) is 39.3 Å². The lowest BCUT2D eigenvalue weighted by Gasteiger charge is -2.41. The van der Waals surface area contributed by atoms with Crippen molar-refractivity contribution < 1.29 is 19.1 Å². The number of piperidine rings is 1. The summed E-state index contributed by atoms with van der Waals surface area (Å²) in [5, 5.41) is 5.97. The largest absolute Gasteiger partial charge is 0.483 e. The van der Waals surface area contributed by atoms with Gasteiger partial charge in [0, 0.05) is 19.7 Å². The number of amides is 2. The van der Waals surface area contributed by atoms with E-state index in [1.54, 1.807) is 6.07 Å². The lowest BCUT2D eigenvalue weighted by molar-refractivity contribution is -0.124. The fraction of sp³-hybridized carbons (Fsp3) is 0.600. The fourth-order valence-electron chi connectivity index (χ4n) is 4.19. The molecule has 3 heterocycles. The molecule has 0 bridgehead atoms. The zero-order valence-corrected chi connectivity index (χ0v) is 15.5. The average molecular weight is 373 g/mol. The van der Waals surface area contributed by atoms with Gasteiger partial charge in [-0.1, -0.05) is 12.1 Å². The Kier molecular flexibility index (Phi) is 5.31. The van der Waals surface area contributed by atoms with E-state index in [9.17, 15) is 9.59 Å². The van der Waals surface area contributed by atoms with Crippen molar-refractivity contribution in [3.8, 4) is 5.75 Å². The van der Waals surface area contributed by atoms with E-state index in [0.29, 0.717) is 37.5 Å². The highest BCUT2D eigenvalue weighted by molar-refractivity contribution is 5.97. The molecule has 146 valence electrons. The summed E-state index contributed by atoms with van der Waals surface area (Å²) in [6.45, 7) is 3.64. The van der Waals surface area contributed by atoms with Crippen LogP contribution in [0.15, 0.2) is 24.3 Å². The van der Waals surface area contributed by atoms with E-state index in [2.05, 4.69) is 15.5 Å². The third-order valence-electron chi connectivity index (χ3n) is 5.57. The van der Waals surface area contributed by atoms with E-state index >= 15 is 0 Å². The van der Waals surface area contributed by atoms with E-state index in [4.69, 9.17) is 9.47 Å². The maximum Gasteiger partial charge on any atom is 0.255 e. The second-order valence-corrected chi connectivity index (χ2v) is 7.72. The molecule has 0 saturated carbocycles. The highest BCUT2D eigenvalue weighted by Crippen LogP contribution is 2.31. The SMILES string of the molecule is O=C(CN1CCC[C@@]2(CNC(=O)c3ccccc3O2)C1)NC[C@@H]1CCCO1. The van der Waals surface area contributed by atoms with Crippen LogP contribution >= 0.6 is 0 Å². The normalized spacial score (nSPS) is 28.1. The minimum Gasteiger partial charge on any atom is -0.483 e. The van der Waals surface area contributed by atoms with Crippen LogP contribution in [0.2, 0.25) is 0 Å². The Morgan fingerprint density at radius 2 is 2.22 bits per heavy atom. The van der Waals surface area contributed by atoms with E-state index in [1.165, 1.54) is 0 Å². The van der Waals surface area contributed by atoms with Crippen molar-refractivity contribution in [1.82, 2.24) is 15.5 Å². The molecule has 4 rings (SSSR count). The van der Waals surface area contributed by atoms with Crippen molar-refractivity contribution in [2.24, 2.45) is 0 Å². The zero-order valence-electron chi connectivity index (χ0n) is 15.5. The maximum absolute atomic E-state index is 12.3. The number of fused-ring (bicyclic) bond motifs is 1. The van der Waals surface area contributed by atoms with Crippen molar-refractivity contribution in [3.05, 3.63) is 29.8 Å². The Balaban J connectivity index is 1.37. The molecule has 0 radical (unpaired) electrons. The minimum atomic E-state index is -0.491. The molecule has 7 heteroatoms. The van der Waals surface area contributed by atoms with Gasteiger partial charge in [-0.3, -0.25) is 14.5 Å². The molecule has 27 heavy (non-hydrogen) atoms.